The van der Waals surface area contributed by atoms with Gasteiger partial charge in [-0.3, -0.25) is 14.4 Å². The molecule has 1 atom stereocenters. The molecule has 0 aliphatic carbocycles. The summed E-state index contributed by atoms with van der Waals surface area (Å²) in [5.41, 5.74) is 0. The van der Waals surface area contributed by atoms with E-state index in [1.54, 1.807) is 0 Å². The Morgan fingerprint density at radius 3 is 0.836 bits per heavy atom. The van der Waals surface area contributed by atoms with Gasteiger partial charge in [0, 0.05) is 19.3 Å². The smallest absolute Gasteiger partial charge is 0.306 e. The van der Waals surface area contributed by atoms with Crippen molar-refractivity contribution in [2.75, 3.05) is 13.2 Å². The van der Waals surface area contributed by atoms with E-state index in [2.05, 4.69) is 93.7 Å². The third-order valence-corrected chi connectivity index (χ3v) is 13.7. The van der Waals surface area contributed by atoms with Gasteiger partial charge in [-0.15, -0.1) is 0 Å². The van der Waals surface area contributed by atoms with Crippen LogP contribution in [0.25, 0.3) is 0 Å². The lowest BCUT2D eigenvalue weighted by atomic mass is 10.0. The molecule has 0 aromatic rings. The molecule has 0 saturated heterocycles. The maximum atomic E-state index is 12.9. The third-order valence-electron chi connectivity index (χ3n) is 13.7. The van der Waals surface area contributed by atoms with Gasteiger partial charge in [0.15, 0.2) is 6.10 Å². The largest absolute Gasteiger partial charge is 0.462 e. The van der Waals surface area contributed by atoms with Crippen LogP contribution in [-0.2, 0) is 28.6 Å². The molecule has 0 radical (unpaired) electrons. The van der Waals surface area contributed by atoms with E-state index in [4.69, 9.17) is 14.2 Å². The van der Waals surface area contributed by atoms with E-state index in [1.807, 2.05) is 0 Å². The zero-order valence-electron chi connectivity index (χ0n) is 48.4. The zero-order chi connectivity index (χ0) is 52.9. The number of unbranched alkanes of at least 4 members (excludes halogenated alkanes) is 34. The zero-order valence-corrected chi connectivity index (χ0v) is 48.4. The number of carbonyl (C=O) groups is 3. The van der Waals surface area contributed by atoms with Gasteiger partial charge in [-0.05, 0) is 70.6 Å². The molecule has 73 heavy (non-hydrogen) atoms. The third kappa shape index (κ3) is 59.6. The summed E-state index contributed by atoms with van der Waals surface area (Å²) in [5, 5.41) is 0. The average molecular weight is 1020 g/mol. The van der Waals surface area contributed by atoms with Crippen molar-refractivity contribution in [3.63, 3.8) is 0 Å². The van der Waals surface area contributed by atoms with E-state index in [0.717, 1.165) is 103 Å². The first-order chi connectivity index (χ1) is 36.0. The van der Waals surface area contributed by atoms with Crippen molar-refractivity contribution in [2.24, 2.45) is 0 Å². The van der Waals surface area contributed by atoms with Gasteiger partial charge < -0.3 is 14.2 Å². The number of allylic oxidation sites excluding steroid dienone is 12. The summed E-state index contributed by atoms with van der Waals surface area (Å²) in [4.78, 5) is 38.2. The quantitative estimate of drug-likeness (QED) is 0.0261. The van der Waals surface area contributed by atoms with E-state index in [0.29, 0.717) is 19.3 Å². The molecule has 0 heterocycles. The molecular weight excluding hydrogens is 901 g/mol. The molecule has 0 amide bonds. The minimum absolute atomic E-state index is 0.0729. The predicted molar refractivity (Wildman–Crippen MR) is 316 cm³/mol. The molecule has 0 aromatic heterocycles. The van der Waals surface area contributed by atoms with Crippen LogP contribution in [0.3, 0.4) is 0 Å². The van der Waals surface area contributed by atoms with Crippen molar-refractivity contribution in [2.45, 2.75) is 322 Å². The SMILES string of the molecule is CC/C=C\C/C=C\C/C=C\C/C=C\C/C=C\C/C=C\CCCCCCCCCCC(=O)OCC(COC(=O)CCCCCCCCCCCCCCC)OC(=O)CCCCCCCCCCCCCCCCC. The molecule has 0 aliphatic rings. The minimum Gasteiger partial charge on any atom is -0.462 e. The average Bonchev–Trinajstić information content (AvgIpc) is 3.39. The molecule has 0 aliphatic heterocycles. The monoisotopic (exact) mass is 1020 g/mol. The summed E-state index contributed by atoms with van der Waals surface area (Å²) in [6.45, 7) is 6.56. The molecule has 0 aromatic carbocycles. The second-order valence-electron chi connectivity index (χ2n) is 21.0. The molecule has 0 bridgehead atoms. The summed E-state index contributed by atoms with van der Waals surface area (Å²) in [7, 11) is 0. The number of rotatable bonds is 57. The summed E-state index contributed by atoms with van der Waals surface area (Å²) in [6.07, 6.45) is 79.0. The summed E-state index contributed by atoms with van der Waals surface area (Å²) >= 11 is 0. The summed E-state index contributed by atoms with van der Waals surface area (Å²) in [5.74, 6) is -0.865. The first-order valence-corrected chi connectivity index (χ1v) is 31.4. The Balaban J connectivity index is 4.28. The van der Waals surface area contributed by atoms with Crippen molar-refractivity contribution >= 4 is 17.9 Å². The highest BCUT2D eigenvalue weighted by molar-refractivity contribution is 5.71. The van der Waals surface area contributed by atoms with E-state index < -0.39 is 6.10 Å². The lowest BCUT2D eigenvalue weighted by molar-refractivity contribution is -0.167. The summed E-state index contributed by atoms with van der Waals surface area (Å²) < 4.78 is 16.9. The van der Waals surface area contributed by atoms with Crippen molar-refractivity contribution in [3.8, 4) is 0 Å². The van der Waals surface area contributed by atoms with Gasteiger partial charge in [-0.1, -0.05) is 299 Å². The Labute approximate surface area is 453 Å². The second-order valence-corrected chi connectivity index (χ2v) is 21.0. The molecule has 6 nitrogen and oxygen atoms in total. The van der Waals surface area contributed by atoms with Gasteiger partial charge in [0.2, 0.25) is 0 Å². The van der Waals surface area contributed by atoms with E-state index >= 15 is 0 Å². The van der Waals surface area contributed by atoms with Crippen molar-refractivity contribution < 1.29 is 28.6 Å². The van der Waals surface area contributed by atoms with Crippen LogP contribution in [0.5, 0.6) is 0 Å². The topological polar surface area (TPSA) is 78.9 Å². The van der Waals surface area contributed by atoms with Gasteiger partial charge in [-0.25, -0.2) is 0 Å². The molecule has 0 rings (SSSR count). The van der Waals surface area contributed by atoms with Crippen LogP contribution in [0.2, 0.25) is 0 Å². The fraction of sp³-hybridized carbons (Fsp3) is 0.776. The number of hydrogen-bond acceptors (Lipinski definition) is 6. The van der Waals surface area contributed by atoms with Gasteiger partial charge in [0.1, 0.15) is 13.2 Å². The Morgan fingerprint density at radius 2 is 0.534 bits per heavy atom. The first-order valence-electron chi connectivity index (χ1n) is 31.4. The Kier molecular flexibility index (Phi) is 58.7. The molecular formula is C67H118O6. The number of ether oxygens (including phenoxy) is 3. The minimum atomic E-state index is -0.775. The Hall–Kier alpha value is -3.15. The van der Waals surface area contributed by atoms with Crippen LogP contribution < -0.4 is 0 Å². The second kappa shape index (κ2) is 61.4. The highest BCUT2D eigenvalue weighted by Crippen LogP contribution is 2.17. The van der Waals surface area contributed by atoms with Crippen LogP contribution in [-0.4, -0.2) is 37.2 Å². The van der Waals surface area contributed by atoms with Gasteiger partial charge in [0.05, 0.1) is 0 Å². The van der Waals surface area contributed by atoms with Gasteiger partial charge in [0.25, 0.3) is 0 Å². The van der Waals surface area contributed by atoms with E-state index in [9.17, 15) is 14.4 Å². The number of carbonyl (C=O) groups excluding carboxylic acids is 3. The molecule has 6 heteroatoms. The van der Waals surface area contributed by atoms with E-state index in [1.165, 1.54) is 173 Å². The van der Waals surface area contributed by atoms with Crippen molar-refractivity contribution in [3.05, 3.63) is 72.9 Å². The van der Waals surface area contributed by atoms with Crippen LogP contribution in [0, 0.1) is 0 Å². The van der Waals surface area contributed by atoms with Crippen LogP contribution in [0.4, 0.5) is 0 Å². The number of hydrogen-bond donors (Lipinski definition) is 0. The fourth-order valence-corrected chi connectivity index (χ4v) is 9.04. The Morgan fingerprint density at radius 1 is 0.288 bits per heavy atom. The van der Waals surface area contributed by atoms with Crippen LogP contribution in [0.15, 0.2) is 72.9 Å². The lowest BCUT2D eigenvalue weighted by Crippen LogP contribution is -2.30. The Bertz CT molecular complexity index is 1360. The van der Waals surface area contributed by atoms with Crippen molar-refractivity contribution in [1.29, 1.82) is 0 Å². The number of esters is 3. The maximum absolute atomic E-state index is 12.9. The molecule has 1 unspecified atom stereocenters. The molecule has 0 fully saturated rings. The summed E-state index contributed by atoms with van der Waals surface area (Å²) in [6, 6.07) is 0. The van der Waals surface area contributed by atoms with E-state index in [-0.39, 0.29) is 31.1 Å². The first kappa shape index (κ1) is 69.8. The molecule has 0 saturated carbocycles. The lowest BCUT2D eigenvalue weighted by Gasteiger charge is -2.18. The van der Waals surface area contributed by atoms with Gasteiger partial charge >= 0.3 is 17.9 Å². The fourth-order valence-electron chi connectivity index (χ4n) is 9.04. The molecule has 422 valence electrons. The van der Waals surface area contributed by atoms with Crippen LogP contribution in [0.1, 0.15) is 316 Å². The normalized spacial score (nSPS) is 12.5. The van der Waals surface area contributed by atoms with Gasteiger partial charge in [-0.2, -0.15) is 0 Å². The maximum Gasteiger partial charge on any atom is 0.306 e. The molecule has 0 N–H and O–H groups in total. The standard InChI is InChI=1S/C67H118O6/c1-4-7-10-13-16-19-22-25-27-28-29-30-31-32-33-34-35-36-37-38-40-42-45-48-51-54-57-60-66(69)72-63-64(62-71-65(68)59-56-53-50-47-44-41-24-21-18-15-12-9-6-3)73-67(70)61-58-55-52-49-46-43-39-26-23-20-17-14-11-8-5-2/h7,10,16,19,25,27,29-30,32-33,35-36,64H,4-6,8-9,11-15,17-18,20-24,26,28,31,34,37-63H2,1-3H3/b10-7-,19-16-,27-25-,30-29-,33-32-,36-35-. The highest BCUT2D eigenvalue weighted by Gasteiger charge is 2.19. The highest BCUT2D eigenvalue weighted by atomic mass is 16.6. The predicted octanol–water partition coefficient (Wildman–Crippen LogP) is 21.3. The molecule has 0 spiro atoms. The van der Waals surface area contributed by atoms with Crippen molar-refractivity contribution in [1.82, 2.24) is 0 Å². The van der Waals surface area contributed by atoms with Crippen LogP contribution >= 0.6 is 0 Å².